The van der Waals surface area contributed by atoms with Crippen molar-refractivity contribution in [3.8, 4) is 6.07 Å². The first-order valence-electron chi connectivity index (χ1n) is 6.27. The van der Waals surface area contributed by atoms with E-state index in [9.17, 15) is 0 Å². The van der Waals surface area contributed by atoms with Crippen LogP contribution in [-0.2, 0) is 9.47 Å². The highest BCUT2D eigenvalue weighted by atomic mass is 16.5. The van der Waals surface area contributed by atoms with Crippen molar-refractivity contribution in [3.63, 3.8) is 0 Å². The van der Waals surface area contributed by atoms with Crippen LogP contribution in [0.4, 0.5) is 0 Å². The average Bonchev–Trinajstić information content (AvgIpc) is 2.30. The largest absolute Gasteiger partial charge is 0.382 e. The summed E-state index contributed by atoms with van der Waals surface area (Å²) in [5, 5.41) is 11.9. The van der Waals surface area contributed by atoms with Crippen LogP contribution >= 0.6 is 0 Å². The first-order chi connectivity index (χ1) is 8.12. The molecule has 0 aliphatic heterocycles. The molecule has 0 heterocycles. The highest BCUT2D eigenvalue weighted by Gasteiger charge is 2.16. The number of rotatable bonds is 11. The number of hydrogen-bond donors (Lipinski definition) is 1. The molecule has 0 spiro atoms. The Morgan fingerprint density at radius 1 is 1.24 bits per heavy atom. The Morgan fingerprint density at radius 2 is 2.00 bits per heavy atom. The highest BCUT2D eigenvalue weighted by Crippen LogP contribution is 2.20. The Bertz CT molecular complexity index is 212. The van der Waals surface area contributed by atoms with E-state index in [1.54, 1.807) is 7.11 Å². The van der Waals surface area contributed by atoms with E-state index in [0.717, 1.165) is 32.5 Å². The van der Waals surface area contributed by atoms with Crippen LogP contribution in [0.3, 0.4) is 0 Å². The zero-order valence-electron chi connectivity index (χ0n) is 11.4. The zero-order valence-corrected chi connectivity index (χ0v) is 11.4. The fraction of sp³-hybridized carbons (Fsp3) is 0.923. The number of nitrogens with zero attached hydrogens (tertiary/aromatic N) is 1. The highest BCUT2D eigenvalue weighted by molar-refractivity contribution is 4.78. The Hall–Kier alpha value is -0.630. The van der Waals surface area contributed by atoms with Crippen molar-refractivity contribution in [3.05, 3.63) is 0 Å². The Balaban J connectivity index is 3.29. The molecule has 0 rings (SSSR count). The summed E-state index contributed by atoms with van der Waals surface area (Å²) < 4.78 is 10.2. The van der Waals surface area contributed by atoms with Crippen LogP contribution in [0.2, 0.25) is 0 Å². The normalized spacial score (nSPS) is 11.4. The van der Waals surface area contributed by atoms with E-state index in [0.29, 0.717) is 19.6 Å². The predicted molar refractivity (Wildman–Crippen MR) is 68.8 cm³/mol. The second-order valence-corrected chi connectivity index (χ2v) is 4.96. The van der Waals surface area contributed by atoms with Gasteiger partial charge in [-0.25, -0.2) is 0 Å². The molecule has 0 saturated heterocycles. The Morgan fingerprint density at radius 3 is 2.65 bits per heavy atom. The van der Waals surface area contributed by atoms with Crippen LogP contribution in [0.5, 0.6) is 0 Å². The maximum atomic E-state index is 8.54. The van der Waals surface area contributed by atoms with Crippen molar-refractivity contribution in [2.24, 2.45) is 5.41 Å². The first kappa shape index (κ1) is 16.4. The van der Waals surface area contributed by atoms with Crippen molar-refractivity contribution in [1.29, 1.82) is 5.26 Å². The lowest BCUT2D eigenvalue weighted by molar-refractivity contribution is 0.0692. The van der Waals surface area contributed by atoms with Gasteiger partial charge >= 0.3 is 0 Å². The smallest absolute Gasteiger partial charge is 0.0700 e. The summed E-state index contributed by atoms with van der Waals surface area (Å²) in [5.74, 6) is 0. The van der Waals surface area contributed by atoms with Gasteiger partial charge in [-0.15, -0.1) is 0 Å². The van der Waals surface area contributed by atoms with Gasteiger partial charge in [0.15, 0.2) is 0 Å². The summed E-state index contributed by atoms with van der Waals surface area (Å²) >= 11 is 0. The van der Waals surface area contributed by atoms with Crippen LogP contribution in [0.1, 0.15) is 33.1 Å². The predicted octanol–water partition coefficient (Wildman–Crippen LogP) is 1.96. The molecule has 0 aromatic heterocycles. The summed E-state index contributed by atoms with van der Waals surface area (Å²) in [6.45, 7) is 8.39. The molecule has 0 unspecified atom stereocenters. The number of hydrogen-bond acceptors (Lipinski definition) is 4. The van der Waals surface area contributed by atoms with Crippen molar-refractivity contribution < 1.29 is 9.47 Å². The fourth-order valence-electron chi connectivity index (χ4n) is 1.45. The molecule has 0 aliphatic carbocycles. The molecule has 4 heteroatoms. The number of nitrogens with one attached hydrogen (secondary N) is 1. The maximum absolute atomic E-state index is 8.54. The summed E-state index contributed by atoms with van der Waals surface area (Å²) in [6, 6.07) is 2.19. The molecule has 0 saturated carbocycles. The van der Waals surface area contributed by atoms with Crippen LogP contribution < -0.4 is 5.32 Å². The van der Waals surface area contributed by atoms with Crippen LogP contribution in [0, 0.1) is 16.7 Å². The number of ether oxygens (including phenoxy) is 2. The average molecular weight is 242 g/mol. The third kappa shape index (κ3) is 11.6. The lowest BCUT2D eigenvalue weighted by Gasteiger charge is -2.23. The van der Waals surface area contributed by atoms with Crippen LogP contribution in [-0.4, -0.2) is 40.0 Å². The second-order valence-electron chi connectivity index (χ2n) is 4.96. The van der Waals surface area contributed by atoms with Gasteiger partial charge in [-0.05, 0) is 24.8 Å². The SMILES string of the molecule is COCCOCCCNCC(C)(C)CCC#N. The van der Waals surface area contributed by atoms with Gasteiger partial charge in [-0.2, -0.15) is 5.26 Å². The zero-order chi connectivity index (χ0) is 13.0. The van der Waals surface area contributed by atoms with Crippen molar-refractivity contribution in [2.75, 3.05) is 40.0 Å². The van der Waals surface area contributed by atoms with Crippen molar-refractivity contribution in [2.45, 2.75) is 33.1 Å². The minimum atomic E-state index is 0.201. The summed E-state index contributed by atoms with van der Waals surface area (Å²) in [6.07, 6.45) is 2.59. The van der Waals surface area contributed by atoms with Crippen LogP contribution in [0.25, 0.3) is 0 Å². The first-order valence-corrected chi connectivity index (χ1v) is 6.27. The van der Waals surface area contributed by atoms with Crippen LogP contribution in [0.15, 0.2) is 0 Å². The monoisotopic (exact) mass is 242 g/mol. The molecule has 17 heavy (non-hydrogen) atoms. The Labute approximate surface area is 105 Å². The third-order valence-electron chi connectivity index (χ3n) is 2.59. The second kappa shape index (κ2) is 10.5. The fourth-order valence-corrected chi connectivity index (χ4v) is 1.45. The molecule has 0 atom stereocenters. The molecular formula is C13H26N2O2. The standard InChI is InChI=1S/C13H26N2O2/c1-13(2,6-4-7-14)12-15-8-5-9-17-11-10-16-3/h15H,4-6,8-12H2,1-3H3. The van der Waals surface area contributed by atoms with Crippen molar-refractivity contribution in [1.82, 2.24) is 5.32 Å². The summed E-state index contributed by atoms with van der Waals surface area (Å²) in [7, 11) is 1.67. The van der Waals surface area contributed by atoms with E-state index < -0.39 is 0 Å². The summed E-state index contributed by atoms with van der Waals surface area (Å²) in [4.78, 5) is 0. The molecule has 0 radical (unpaired) electrons. The molecule has 0 bridgehead atoms. The van der Waals surface area contributed by atoms with Gasteiger partial charge in [0.25, 0.3) is 0 Å². The third-order valence-corrected chi connectivity index (χ3v) is 2.59. The molecule has 0 fully saturated rings. The molecular weight excluding hydrogens is 216 g/mol. The topological polar surface area (TPSA) is 54.3 Å². The van der Waals surface area contributed by atoms with Crippen molar-refractivity contribution >= 4 is 0 Å². The lowest BCUT2D eigenvalue weighted by Crippen LogP contribution is -2.30. The van der Waals surface area contributed by atoms with Gasteiger partial charge in [0.1, 0.15) is 0 Å². The van der Waals surface area contributed by atoms with Gasteiger partial charge in [0.05, 0.1) is 19.3 Å². The molecule has 0 aromatic carbocycles. The molecule has 0 aromatic rings. The number of nitriles is 1. The van der Waals surface area contributed by atoms with Gasteiger partial charge in [0.2, 0.25) is 0 Å². The molecule has 0 aliphatic rings. The van der Waals surface area contributed by atoms with Gasteiger partial charge in [-0.1, -0.05) is 13.8 Å². The maximum Gasteiger partial charge on any atom is 0.0700 e. The van der Waals surface area contributed by atoms with E-state index in [-0.39, 0.29) is 5.41 Å². The van der Waals surface area contributed by atoms with Gasteiger partial charge in [-0.3, -0.25) is 0 Å². The van der Waals surface area contributed by atoms with E-state index in [2.05, 4.69) is 25.2 Å². The number of methoxy groups -OCH3 is 1. The summed E-state index contributed by atoms with van der Waals surface area (Å²) in [5.41, 5.74) is 0.201. The van der Waals surface area contributed by atoms with E-state index in [1.165, 1.54) is 0 Å². The van der Waals surface area contributed by atoms with Gasteiger partial charge in [0, 0.05) is 26.7 Å². The van der Waals surface area contributed by atoms with Gasteiger partial charge < -0.3 is 14.8 Å². The molecule has 100 valence electrons. The minimum absolute atomic E-state index is 0.201. The molecule has 4 nitrogen and oxygen atoms in total. The molecule has 1 N–H and O–H groups in total. The minimum Gasteiger partial charge on any atom is -0.382 e. The van der Waals surface area contributed by atoms with E-state index in [4.69, 9.17) is 14.7 Å². The van der Waals surface area contributed by atoms with E-state index in [1.807, 2.05) is 0 Å². The quantitative estimate of drug-likeness (QED) is 0.563. The lowest BCUT2D eigenvalue weighted by atomic mass is 9.88. The van der Waals surface area contributed by atoms with E-state index >= 15 is 0 Å². The Kier molecular flexibility index (Phi) is 10.1. The molecule has 0 amide bonds.